The molecule has 0 radical (unpaired) electrons. The molecule has 1 aliphatic carbocycles. The van der Waals surface area contributed by atoms with Crippen LogP contribution in [-0.2, 0) is 26.6 Å². The molecule has 0 bridgehead atoms. The summed E-state index contributed by atoms with van der Waals surface area (Å²) in [7, 11) is -3.43. The van der Waals surface area contributed by atoms with Gasteiger partial charge in [0.2, 0.25) is 15.9 Å². The smallest absolute Gasteiger partial charge is 0.385 e. The van der Waals surface area contributed by atoms with E-state index in [0.29, 0.717) is 37.2 Å². The van der Waals surface area contributed by atoms with Crippen molar-refractivity contribution in [3.63, 3.8) is 0 Å². The largest absolute Gasteiger partial charge is 0.416 e. The molecule has 1 saturated heterocycles. The van der Waals surface area contributed by atoms with E-state index < -0.39 is 39.2 Å². The van der Waals surface area contributed by atoms with Crippen LogP contribution in [0.25, 0.3) is 0 Å². The number of alkyl halides is 3. The lowest BCUT2D eigenvalue weighted by atomic mass is 9.76. The first-order valence-electron chi connectivity index (χ1n) is 12.5. The standard InChI is InChI=1S/C26H31F3N4O5S/c1-39(37,38)32-20-7-3-5-18(13-20)25(36)10-8-22(9-11-25)33-15-21(16-33)31-23(34)14-30-24(35)17-4-2-6-19(12-17)26(27,28)29/h2-7,12-13,21-22,32,36H,8-11,14-16H2,1H3,(H,30,35)(H,31,34)/t22-,25-. The van der Waals surface area contributed by atoms with Crippen molar-refractivity contribution >= 4 is 27.5 Å². The summed E-state index contributed by atoms with van der Waals surface area (Å²) >= 11 is 0. The van der Waals surface area contributed by atoms with Gasteiger partial charge in [-0.3, -0.25) is 19.2 Å². The lowest BCUT2D eigenvalue weighted by Crippen LogP contribution is -2.63. The number of aliphatic hydroxyl groups is 1. The van der Waals surface area contributed by atoms with Crippen LogP contribution >= 0.6 is 0 Å². The zero-order valence-corrected chi connectivity index (χ0v) is 22.1. The Bertz CT molecular complexity index is 1320. The Kier molecular flexibility index (Phi) is 8.24. The fourth-order valence-electron chi connectivity index (χ4n) is 5.10. The molecule has 1 aliphatic heterocycles. The molecular weight excluding hydrogens is 537 g/mol. The second-order valence-electron chi connectivity index (χ2n) is 10.2. The van der Waals surface area contributed by atoms with Crippen molar-refractivity contribution < 1.29 is 36.3 Å². The number of carbonyl (C=O) groups is 2. The maximum atomic E-state index is 12.8. The molecule has 4 N–H and O–H groups in total. The molecule has 1 heterocycles. The lowest BCUT2D eigenvalue weighted by Gasteiger charge is -2.48. The van der Waals surface area contributed by atoms with Crippen LogP contribution in [0.2, 0.25) is 0 Å². The van der Waals surface area contributed by atoms with Gasteiger partial charge in [0, 0.05) is 30.4 Å². The molecule has 2 aromatic rings. The summed E-state index contributed by atoms with van der Waals surface area (Å²) in [5.74, 6) is -1.20. The number of sulfonamides is 1. The van der Waals surface area contributed by atoms with Crippen molar-refractivity contribution in [1.29, 1.82) is 0 Å². The van der Waals surface area contributed by atoms with E-state index in [4.69, 9.17) is 0 Å². The van der Waals surface area contributed by atoms with Gasteiger partial charge in [0.15, 0.2) is 0 Å². The van der Waals surface area contributed by atoms with Gasteiger partial charge in [-0.2, -0.15) is 13.2 Å². The molecule has 2 aliphatic rings. The molecule has 13 heteroatoms. The van der Waals surface area contributed by atoms with E-state index in [2.05, 4.69) is 20.3 Å². The van der Waals surface area contributed by atoms with Crippen molar-refractivity contribution in [2.45, 2.75) is 49.5 Å². The Balaban J connectivity index is 1.20. The highest BCUT2D eigenvalue weighted by Crippen LogP contribution is 2.40. The van der Waals surface area contributed by atoms with Crippen LogP contribution in [0.5, 0.6) is 0 Å². The van der Waals surface area contributed by atoms with Crippen LogP contribution in [0.1, 0.15) is 47.2 Å². The van der Waals surface area contributed by atoms with Crippen molar-refractivity contribution in [1.82, 2.24) is 15.5 Å². The van der Waals surface area contributed by atoms with Gasteiger partial charge in [-0.05, 0) is 61.6 Å². The average molecular weight is 569 g/mol. The number of hydrogen-bond donors (Lipinski definition) is 4. The number of amides is 2. The normalized spacial score (nSPS) is 22.5. The summed E-state index contributed by atoms with van der Waals surface area (Å²) in [6, 6.07) is 10.9. The number of halogens is 3. The second kappa shape index (κ2) is 11.1. The van der Waals surface area contributed by atoms with Gasteiger partial charge in [0.05, 0.1) is 30.0 Å². The molecule has 2 fully saturated rings. The molecule has 2 amide bonds. The van der Waals surface area contributed by atoms with Gasteiger partial charge in [0.1, 0.15) is 0 Å². The number of carbonyl (C=O) groups excluding carboxylic acids is 2. The third-order valence-electron chi connectivity index (χ3n) is 7.14. The minimum atomic E-state index is -4.57. The van der Waals surface area contributed by atoms with E-state index >= 15 is 0 Å². The molecule has 0 aromatic heterocycles. The minimum absolute atomic E-state index is 0.109. The maximum Gasteiger partial charge on any atom is 0.416 e. The van der Waals surface area contributed by atoms with Gasteiger partial charge in [-0.1, -0.05) is 18.2 Å². The predicted molar refractivity (Wildman–Crippen MR) is 138 cm³/mol. The molecule has 39 heavy (non-hydrogen) atoms. The maximum absolute atomic E-state index is 12.8. The number of anilines is 1. The zero-order chi connectivity index (χ0) is 28.4. The Morgan fingerprint density at radius 1 is 1.08 bits per heavy atom. The van der Waals surface area contributed by atoms with E-state index in [1.54, 1.807) is 24.3 Å². The molecule has 212 valence electrons. The highest BCUT2D eigenvalue weighted by molar-refractivity contribution is 7.92. The summed E-state index contributed by atoms with van der Waals surface area (Å²) < 4.78 is 64.0. The van der Waals surface area contributed by atoms with E-state index in [1.165, 1.54) is 6.07 Å². The first kappa shape index (κ1) is 28.8. The monoisotopic (exact) mass is 568 g/mol. The first-order chi connectivity index (χ1) is 18.2. The number of hydrogen-bond acceptors (Lipinski definition) is 6. The Hall–Kier alpha value is -3.16. The molecule has 0 unspecified atom stereocenters. The fourth-order valence-corrected chi connectivity index (χ4v) is 5.66. The van der Waals surface area contributed by atoms with Crippen molar-refractivity contribution in [3.05, 3.63) is 65.2 Å². The molecule has 0 atom stereocenters. The number of nitrogens with zero attached hydrogens (tertiary/aromatic N) is 1. The van der Waals surface area contributed by atoms with Gasteiger partial charge >= 0.3 is 6.18 Å². The zero-order valence-electron chi connectivity index (χ0n) is 21.3. The lowest BCUT2D eigenvalue weighted by molar-refractivity contribution is -0.137. The summed E-state index contributed by atoms with van der Waals surface area (Å²) in [6.45, 7) is 0.879. The molecule has 4 rings (SSSR count). The van der Waals surface area contributed by atoms with Crippen LogP contribution in [-0.4, -0.2) is 68.2 Å². The Morgan fingerprint density at radius 2 is 1.74 bits per heavy atom. The quantitative estimate of drug-likeness (QED) is 0.388. The summed E-state index contributed by atoms with van der Waals surface area (Å²) in [4.78, 5) is 26.6. The number of likely N-dealkylation sites (tertiary alicyclic amines) is 1. The Labute approximate surface area is 224 Å². The number of benzene rings is 2. The van der Waals surface area contributed by atoms with Gasteiger partial charge in [-0.25, -0.2) is 8.42 Å². The molecule has 9 nitrogen and oxygen atoms in total. The van der Waals surface area contributed by atoms with Crippen LogP contribution in [0.3, 0.4) is 0 Å². The second-order valence-corrected chi connectivity index (χ2v) is 11.9. The minimum Gasteiger partial charge on any atom is -0.385 e. The van der Waals surface area contributed by atoms with Gasteiger partial charge < -0.3 is 15.7 Å². The van der Waals surface area contributed by atoms with Crippen molar-refractivity contribution in [3.8, 4) is 0 Å². The summed E-state index contributed by atoms with van der Waals surface area (Å²) in [5, 5.41) is 16.4. The Morgan fingerprint density at radius 3 is 2.38 bits per heavy atom. The topological polar surface area (TPSA) is 128 Å². The molecule has 0 spiro atoms. The highest BCUT2D eigenvalue weighted by atomic mass is 32.2. The number of nitrogens with one attached hydrogen (secondary N) is 3. The third kappa shape index (κ3) is 7.49. The van der Waals surface area contributed by atoms with Crippen molar-refractivity contribution in [2.75, 3.05) is 30.6 Å². The molecular formula is C26H31F3N4O5S. The van der Waals surface area contributed by atoms with Crippen LogP contribution < -0.4 is 15.4 Å². The van der Waals surface area contributed by atoms with E-state index in [1.807, 2.05) is 0 Å². The predicted octanol–water partition coefficient (Wildman–Crippen LogP) is 2.44. The number of rotatable bonds is 8. The van der Waals surface area contributed by atoms with Crippen molar-refractivity contribution in [2.24, 2.45) is 0 Å². The molecule has 1 saturated carbocycles. The van der Waals surface area contributed by atoms with Crippen LogP contribution in [0, 0.1) is 0 Å². The van der Waals surface area contributed by atoms with Gasteiger partial charge in [-0.15, -0.1) is 0 Å². The first-order valence-corrected chi connectivity index (χ1v) is 14.4. The highest BCUT2D eigenvalue weighted by Gasteiger charge is 2.40. The van der Waals surface area contributed by atoms with E-state index in [-0.39, 0.29) is 24.2 Å². The summed E-state index contributed by atoms with van der Waals surface area (Å²) in [5.41, 5.74) is -1.11. The van der Waals surface area contributed by atoms with E-state index in [9.17, 15) is 36.3 Å². The van der Waals surface area contributed by atoms with Gasteiger partial charge in [0.25, 0.3) is 5.91 Å². The summed E-state index contributed by atoms with van der Waals surface area (Å²) in [6.07, 6.45) is -1.02. The molecule has 2 aromatic carbocycles. The SMILES string of the molecule is CS(=O)(=O)Nc1cccc([C@]2(O)CC[C@H](N3CC(NC(=O)CNC(=O)c4cccc(C(F)(F)F)c4)C3)CC2)c1. The van der Waals surface area contributed by atoms with Crippen LogP contribution in [0.15, 0.2) is 48.5 Å². The third-order valence-corrected chi connectivity index (χ3v) is 7.74. The van der Waals surface area contributed by atoms with Crippen LogP contribution in [0.4, 0.5) is 18.9 Å². The fraction of sp³-hybridized carbons (Fsp3) is 0.462. The van der Waals surface area contributed by atoms with E-state index in [0.717, 1.165) is 37.3 Å². The average Bonchev–Trinajstić information content (AvgIpc) is 2.84.